The summed E-state index contributed by atoms with van der Waals surface area (Å²) >= 11 is 0. The Labute approximate surface area is 103 Å². The lowest BCUT2D eigenvalue weighted by molar-refractivity contribution is -0.0493. The quantitative estimate of drug-likeness (QED) is 0.728. The van der Waals surface area contributed by atoms with Crippen LogP contribution in [0, 0.1) is 17.8 Å². The Kier molecular flexibility index (Phi) is 5.91. The van der Waals surface area contributed by atoms with Gasteiger partial charge < -0.3 is 5.32 Å². The highest BCUT2D eigenvalue weighted by Gasteiger charge is 2.37. The molecule has 1 unspecified atom stereocenters. The van der Waals surface area contributed by atoms with Gasteiger partial charge in [0.2, 0.25) is 5.92 Å². The van der Waals surface area contributed by atoms with Gasteiger partial charge in [0.15, 0.2) is 0 Å². The summed E-state index contributed by atoms with van der Waals surface area (Å²) in [6.07, 6.45) is 3.19. The molecule has 0 radical (unpaired) electrons. The van der Waals surface area contributed by atoms with Gasteiger partial charge in [0, 0.05) is 25.3 Å². The summed E-state index contributed by atoms with van der Waals surface area (Å²) in [7, 11) is 0. The molecule has 0 spiro atoms. The molecule has 0 aliphatic heterocycles. The van der Waals surface area contributed by atoms with Gasteiger partial charge in [0.05, 0.1) is 0 Å². The third-order valence-electron chi connectivity index (χ3n) is 3.49. The maximum atomic E-state index is 13.1. The second kappa shape index (κ2) is 6.96. The SMILES string of the molecule is CC#CCC(NCCC)C1CCC(F)(F)CC1. The molecule has 0 aromatic carbocycles. The van der Waals surface area contributed by atoms with Crippen LogP contribution in [0.5, 0.6) is 0 Å². The van der Waals surface area contributed by atoms with E-state index in [0.29, 0.717) is 24.8 Å². The first-order valence-corrected chi connectivity index (χ1v) is 6.60. The third-order valence-corrected chi connectivity index (χ3v) is 3.49. The van der Waals surface area contributed by atoms with Crippen molar-refractivity contribution < 1.29 is 8.78 Å². The zero-order chi connectivity index (χ0) is 12.7. The summed E-state index contributed by atoms with van der Waals surface area (Å²) in [4.78, 5) is 0. The van der Waals surface area contributed by atoms with E-state index in [2.05, 4.69) is 24.1 Å². The maximum absolute atomic E-state index is 13.1. The van der Waals surface area contributed by atoms with Gasteiger partial charge in [0.1, 0.15) is 0 Å². The molecule has 0 heterocycles. The Morgan fingerprint density at radius 3 is 2.53 bits per heavy atom. The van der Waals surface area contributed by atoms with Crippen LogP contribution in [0.25, 0.3) is 0 Å². The second-order valence-electron chi connectivity index (χ2n) is 4.88. The van der Waals surface area contributed by atoms with Gasteiger partial charge in [-0.05, 0) is 38.6 Å². The minimum Gasteiger partial charge on any atom is -0.313 e. The Balaban J connectivity index is 2.48. The fourth-order valence-electron chi connectivity index (χ4n) is 2.41. The van der Waals surface area contributed by atoms with E-state index in [1.807, 2.05) is 6.92 Å². The molecule has 0 bridgehead atoms. The van der Waals surface area contributed by atoms with Crippen molar-refractivity contribution in [2.24, 2.45) is 5.92 Å². The summed E-state index contributed by atoms with van der Waals surface area (Å²) < 4.78 is 26.2. The van der Waals surface area contributed by atoms with Gasteiger partial charge >= 0.3 is 0 Å². The fraction of sp³-hybridized carbons (Fsp3) is 0.857. The highest BCUT2D eigenvalue weighted by molar-refractivity contribution is 5.00. The topological polar surface area (TPSA) is 12.0 Å². The molecule has 0 saturated heterocycles. The van der Waals surface area contributed by atoms with Gasteiger partial charge in [-0.3, -0.25) is 0 Å². The molecular formula is C14H23F2N. The molecule has 1 atom stereocenters. The summed E-state index contributed by atoms with van der Waals surface area (Å²) in [6.45, 7) is 4.89. The van der Waals surface area contributed by atoms with Gasteiger partial charge in [-0.1, -0.05) is 6.92 Å². The normalized spacial score (nSPS) is 21.6. The molecule has 17 heavy (non-hydrogen) atoms. The minimum atomic E-state index is -2.43. The number of hydrogen-bond donors (Lipinski definition) is 1. The first kappa shape index (κ1) is 14.4. The van der Waals surface area contributed by atoms with Crippen molar-refractivity contribution in [1.29, 1.82) is 0 Å². The number of hydrogen-bond acceptors (Lipinski definition) is 1. The first-order valence-electron chi connectivity index (χ1n) is 6.60. The van der Waals surface area contributed by atoms with Gasteiger partial charge in [-0.15, -0.1) is 11.8 Å². The molecule has 1 rings (SSSR count). The smallest absolute Gasteiger partial charge is 0.248 e. The molecule has 98 valence electrons. The van der Waals surface area contributed by atoms with Crippen LogP contribution in [0.2, 0.25) is 0 Å². The Bertz CT molecular complexity index is 268. The molecule has 1 N–H and O–H groups in total. The van der Waals surface area contributed by atoms with Crippen LogP contribution in [0.3, 0.4) is 0 Å². The molecular weight excluding hydrogens is 220 g/mol. The van der Waals surface area contributed by atoms with Crippen LogP contribution < -0.4 is 5.32 Å². The first-order chi connectivity index (χ1) is 8.09. The van der Waals surface area contributed by atoms with Crippen molar-refractivity contribution >= 4 is 0 Å². The molecule has 0 aromatic rings. The van der Waals surface area contributed by atoms with Crippen LogP contribution in [0.15, 0.2) is 0 Å². The number of halogens is 2. The maximum Gasteiger partial charge on any atom is 0.248 e. The second-order valence-corrected chi connectivity index (χ2v) is 4.88. The molecule has 0 aromatic heterocycles. The minimum absolute atomic E-state index is 0.0432. The molecule has 1 nitrogen and oxygen atoms in total. The summed E-state index contributed by atoms with van der Waals surface area (Å²) in [6, 6.07) is 0.290. The molecule has 0 amide bonds. The summed E-state index contributed by atoms with van der Waals surface area (Å²) in [5.41, 5.74) is 0. The van der Waals surface area contributed by atoms with Gasteiger partial charge in [-0.25, -0.2) is 8.78 Å². The largest absolute Gasteiger partial charge is 0.313 e. The highest BCUT2D eigenvalue weighted by Crippen LogP contribution is 2.37. The Morgan fingerprint density at radius 2 is 2.00 bits per heavy atom. The van der Waals surface area contributed by atoms with E-state index >= 15 is 0 Å². The lowest BCUT2D eigenvalue weighted by Gasteiger charge is -2.33. The van der Waals surface area contributed by atoms with Crippen LogP contribution in [0.4, 0.5) is 8.78 Å². The van der Waals surface area contributed by atoms with E-state index in [-0.39, 0.29) is 12.8 Å². The van der Waals surface area contributed by atoms with E-state index in [0.717, 1.165) is 19.4 Å². The van der Waals surface area contributed by atoms with E-state index in [9.17, 15) is 8.78 Å². The lowest BCUT2D eigenvalue weighted by atomic mass is 9.81. The van der Waals surface area contributed by atoms with E-state index < -0.39 is 5.92 Å². The number of rotatable bonds is 5. The van der Waals surface area contributed by atoms with Crippen molar-refractivity contribution in [3.05, 3.63) is 0 Å². The third kappa shape index (κ3) is 5.04. The number of nitrogens with one attached hydrogen (secondary N) is 1. The van der Waals surface area contributed by atoms with E-state index in [1.54, 1.807) is 0 Å². The van der Waals surface area contributed by atoms with Crippen molar-refractivity contribution in [3.63, 3.8) is 0 Å². The van der Waals surface area contributed by atoms with E-state index in [4.69, 9.17) is 0 Å². The van der Waals surface area contributed by atoms with Crippen LogP contribution in [0.1, 0.15) is 52.4 Å². The van der Waals surface area contributed by atoms with Crippen LogP contribution in [-0.4, -0.2) is 18.5 Å². The summed E-state index contributed by atoms with van der Waals surface area (Å²) in [5.74, 6) is 3.90. The molecule has 1 aliphatic rings. The number of alkyl halides is 2. The highest BCUT2D eigenvalue weighted by atomic mass is 19.3. The fourth-order valence-corrected chi connectivity index (χ4v) is 2.41. The zero-order valence-corrected chi connectivity index (χ0v) is 10.9. The lowest BCUT2D eigenvalue weighted by Crippen LogP contribution is -2.40. The average molecular weight is 243 g/mol. The molecule has 1 aliphatic carbocycles. The van der Waals surface area contributed by atoms with Crippen molar-refractivity contribution in [3.8, 4) is 11.8 Å². The standard InChI is InChI=1S/C14H23F2N/c1-3-5-6-13(17-11-4-2)12-7-9-14(15,16)10-8-12/h12-13,17H,4,6-11H2,1-2H3. The average Bonchev–Trinajstić information content (AvgIpc) is 2.30. The monoisotopic (exact) mass is 243 g/mol. The van der Waals surface area contributed by atoms with E-state index in [1.165, 1.54) is 0 Å². The predicted molar refractivity (Wildman–Crippen MR) is 67.1 cm³/mol. The molecule has 1 fully saturated rings. The summed E-state index contributed by atoms with van der Waals surface area (Å²) in [5, 5.41) is 3.45. The zero-order valence-electron chi connectivity index (χ0n) is 10.9. The van der Waals surface area contributed by atoms with Crippen LogP contribution in [-0.2, 0) is 0 Å². The molecule has 1 saturated carbocycles. The van der Waals surface area contributed by atoms with Gasteiger partial charge in [0.25, 0.3) is 0 Å². The Morgan fingerprint density at radius 1 is 1.35 bits per heavy atom. The van der Waals surface area contributed by atoms with Crippen molar-refractivity contribution in [2.75, 3.05) is 6.54 Å². The van der Waals surface area contributed by atoms with Crippen molar-refractivity contribution in [1.82, 2.24) is 5.32 Å². The van der Waals surface area contributed by atoms with Crippen LogP contribution >= 0.6 is 0 Å². The Hall–Kier alpha value is -0.620. The predicted octanol–water partition coefficient (Wildman–Crippen LogP) is 3.59. The molecule has 3 heteroatoms. The van der Waals surface area contributed by atoms with Crippen molar-refractivity contribution in [2.45, 2.75) is 64.3 Å². The van der Waals surface area contributed by atoms with Gasteiger partial charge in [-0.2, -0.15) is 0 Å².